The van der Waals surface area contributed by atoms with Crippen LogP contribution in [-0.2, 0) is 24.2 Å². The highest BCUT2D eigenvalue weighted by Gasteiger charge is 2.21. The van der Waals surface area contributed by atoms with Gasteiger partial charge in [-0.25, -0.2) is 14.7 Å². The van der Waals surface area contributed by atoms with Crippen LogP contribution in [0, 0.1) is 6.92 Å². The van der Waals surface area contributed by atoms with Gasteiger partial charge in [0.1, 0.15) is 18.2 Å². The summed E-state index contributed by atoms with van der Waals surface area (Å²) in [6, 6.07) is 4.39. The van der Waals surface area contributed by atoms with Gasteiger partial charge in [0.25, 0.3) is 0 Å². The van der Waals surface area contributed by atoms with Gasteiger partial charge in [-0.05, 0) is 31.2 Å². The fourth-order valence-corrected chi connectivity index (χ4v) is 3.65. The number of guanidine groups is 1. The van der Waals surface area contributed by atoms with E-state index >= 15 is 0 Å². The van der Waals surface area contributed by atoms with Crippen LogP contribution in [0.4, 0.5) is 0 Å². The summed E-state index contributed by atoms with van der Waals surface area (Å²) in [5, 5.41) is 13.4. The molecular formula is C18H27N7OS. The summed E-state index contributed by atoms with van der Waals surface area (Å²) >= 11 is 1.75. The molecule has 3 rings (SSSR count). The maximum absolute atomic E-state index is 11.9. The Bertz CT molecular complexity index is 782. The monoisotopic (exact) mass is 389 g/mol. The number of likely N-dealkylation sites (N-methyl/N-ethyl adjacent to an activating group) is 1. The second-order valence-corrected chi connectivity index (χ2v) is 7.88. The molecule has 0 bridgehead atoms. The molecule has 2 aromatic heterocycles. The molecule has 0 fully saturated rings. The molecule has 0 saturated carbocycles. The fourth-order valence-electron chi connectivity index (χ4n) is 2.94. The third-order valence-corrected chi connectivity index (χ3v) is 5.36. The average Bonchev–Trinajstić information content (AvgIpc) is 3.27. The van der Waals surface area contributed by atoms with Gasteiger partial charge in [0.05, 0.1) is 6.54 Å². The topological polar surface area (TPSA) is 87.4 Å². The summed E-state index contributed by atoms with van der Waals surface area (Å²) in [5.74, 6) is 2.50. The Kier molecular flexibility index (Phi) is 6.44. The van der Waals surface area contributed by atoms with Crippen LogP contribution in [0.15, 0.2) is 22.5 Å². The zero-order valence-electron chi connectivity index (χ0n) is 16.1. The second kappa shape index (κ2) is 8.98. The van der Waals surface area contributed by atoms with E-state index in [-0.39, 0.29) is 18.5 Å². The lowest BCUT2D eigenvalue weighted by Gasteiger charge is -2.25. The molecule has 1 atom stereocenters. The van der Waals surface area contributed by atoms with Crippen molar-refractivity contribution in [3.63, 3.8) is 0 Å². The van der Waals surface area contributed by atoms with E-state index in [1.54, 1.807) is 30.3 Å². The lowest BCUT2D eigenvalue weighted by atomic mass is 10.1. The predicted molar refractivity (Wildman–Crippen MR) is 107 cm³/mol. The highest BCUT2D eigenvalue weighted by molar-refractivity contribution is 7.09. The molecule has 8 nitrogen and oxygen atoms in total. The molecule has 2 aromatic rings. The Morgan fingerprint density at radius 2 is 2.33 bits per heavy atom. The number of hydrogen-bond acceptors (Lipinski definition) is 5. The molecule has 0 aromatic carbocycles. The summed E-state index contributed by atoms with van der Waals surface area (Å²) in [7, 11) is 3.48. The van der Waals surface area contributed by atoms with Crippen LogP contribution in [0.25, 0.3) is 0 Å². The number of amides is 1. The highest BCUT2D eigenvalue weighted by atomic mass is 32.1. The Balaban J connectivity index is 1.60. The van der Waals surface area contributed by atoms with Crippen molar-refractivity contribution in [1.29, 1.82) is 0 Å². The summed E-state index contributed by atoms with van der Waals surface area (Å²) < 4.78 is 1.96. The summed E-state index contributed by atoms with van der Waals surface area (Å²) in [6.07, 6.45) is 2.78. The van der Waals surface area contributed by atoms with Gasteiger partial charge in [-0.2, -0.15) is 5.10 Å². The summed E-state index contributed by atoms with van der Waals surface area (Å²) in [5.41, 5.74) is 0. The molecule has 0 spiro atoms. The second-order valence-electron chi connectivity index (χ2n) is 6.85. The molecule has 0 radical (unpaired) electrons. The Morgan fingerprint density at radius 3 is 3.07 bits per heavy atom. The van der Waals surface area contributed by atoms with Crippen molar-refractivity contribution in [3.05, 3.63) is 34.0 Å². The van der Waals surface area contributed by atoms with Gasteiger partial charge in [0.2, 0.25) is 5.91 Å². The number of aromatic nitrogens is 3. The largest absolute Gasteiger partial charge is 0.356 e. The fraction of sp³-hybridized carbons (Fsp3) is 0.556. The first-order valence-corrected chi connectivity index (χ1v) is 10.1. The molecule has 2 N–H and O–H groups in total. The number of carbonyl (C=O) groups excluding carboxylic acids is 1. The van der Waals surface area contributed by atoms with Crippen molar-refractivity contribution in [3.8, 4) is 0 Å². The molecular weight excluding hydrogens is 362 g/mol. The molecule has 9 heteroatoms. The molecule has 0 saturated heterocycles. The van der Waals surface area contributed by atoms with Crippen molar-refractivity contribution in [2.75, 3.05) is 27.2 Å². The predicted octanol–water partition coefficient (Wildman–Crippen LogP) is 0.829. The number of thiophene rings is 1. The molecule has 1 amide bonds. The van der Waals surface area contributed by atoms with Gasteiger partial charge in [0, 0.05) is 38.0 Å². The van der Waals surface area contributed by atoms with E-state index < -0.39 is 0 Å². The van der Waals surface area contributed by atoms with Crippen molar-refractivity contribution in [1.82, 2.24) is 30.3 Å². The quantitative estimate of drug-likeness (QED) is 0.564. The van der Waals surface area contributed by atoms with E-state index in [4.69, 9.17) is 0 Å². The molecule has 1 aliphatic rings. The van der Waals surface area contributed by atoms with Crippen molar-refractivity contribution >= 4 is 23.2 Å². The van der Waals surface area contributed by atoms with Crippen LogP contribution in [-0.4, -0.2) is 64.8 Å². The number of nitrogens with one attached hydrogen (secondary N) is 2. The van der Waals surface area contributed by atoms with Crippen molar-refractivity contribution in [2.24, 2.45) is 4.99 Å². The zero-order chi connectivity index (χ0) is 19.2. The lowest BCUT2D eigenvalue weighted by molar-refractivity contribution is -0.127. The molecule has 27 heavy (non-hydrogen) atoms. The maximum atomic E-state index is 11.9. The zero-order valence-corrected chi connectivity index (χ0v) is 16.9. The standard InChI is InChI=1S/C18H27N7OS/c1-13-21-16-7-6-14(12-25(16)23-13)22-18(20-11-17(26)24(2)3)19-9-8-15-5-4-10-27-15/h4-5,10,14H,6-9,11-12H2,1-3H3,(H2,19,20,22). The number of nitrogens with zero attached hydrogens (tertiary/aromatic N) is 5. The van der Waals surface area contributed by atoms with Gasteiger partial charge in [-0.1, -0.05) is 6.07 Å². The highest BCUT2D eigenvalue weighted by Crippen LogP contribution is 2.13. The minimum absolute atomic E-state index is 0.0211. The number of aliphatic imine (C=N–C) groups is 1. The van der Waals surface area contributed by atoms with Crippen LogP contribution in [0.1, 0.15) is 22.9 Å². The van der Waals surface area contributed by atoms with Crippen molar-refractivity contribution in [2.45, 2.75) is 38.8 Å². The molecule has 1 unspecified atom stereocenters. The normalized spacial score (nSPS) is 16.7. The molecule has 1 aliphatic heterocycles. The van der Waals surface area contributed by atoms with Crippen LogP contribution in [0.5, 0.6) is 0 Å². The first-order chi connectivity index (χ1) is 13.0. The van der Waals surface area contributed by atoms with Crippen LogP contribution >= 0.6 is 11.3 Å². The van der Waals surface area contributed by atoms with Crippen LogP contribution in [0.3, 0.4) is 0 Å². The summed E-state index contributed by atoms with van der Waals surface area (Å²) in [6.45, 7) is 3.56. The number of hydrogen-bond donors (Lipinski definition) is 2. The smallest absolute Gasteiger partial charge is 0.243 e. The van der Waals surface area contributed by atoms with E-state index in [1.165, 1.54) is 4.88 Å². The van der Waals surface area contributed by atoms with E-state index in [0.717, 1.165) is 44.0 Å². The van der Waals surface area contributed by atoms with E-state index in [0.29, 0.717) is 5.96 Å². The Hall–Kier alpha value is -2.42. The van der Waals surface area contributed by atoms with Crippen molar-refractivity contribution < 1.29 is 4.79 Å². The minimum Gasteiger partial charge on any atom is -0.356 e. The van der Waals surface area contributed by atoms with Gasteiger partial charge < -0.3 is 15.5 Å². The van der Waals surface area contributed by atoms with Crippen LogP contribution < -0.4 is 10.6 Å². The number of fused-ring (bicyclic) bond motifs is 1. The van der Waals surface area contributed by atoms with E-state index in [2.05, 4.69) is 43.2 Å². The van der Waals surface area contributed by atoms with E-state index in [1.807, 2.05) is 11.6 Å². The average molecular weight is 390 g/mol. The summed E-state index contributed by atoms with van der Waals surface area (Å²) in [4.78, 5) is 23.7. The Morgan fingerprint density at radius 1 is 1.48 bits per heavy atom. The van der Waals surface area contributed by atoms with Gasteiger partial charge in [-0.3, -0.25) is 4.79 Å². The first-order valence-electron chi connectivity index (χ1n) is 9.19. The van der Waals surface area contributed by atoms with Gasteiger partial charge in [-0.15, -0.1) is 11.3 Å². The minimum atomic E-state index is -0.0211. The molecule has 0 aliphatic carbocycles. The van der Waals surface area contributed by atoms with Crippen LogP contribution in [0.2, 0.25) is 0 Å². The van der Waals surface area contributed by atoms with Gasteiger partial charge >= 0.3 is 0 Å². The van der Waals surface area contributed by atoms with Gasteiger partial charge in [0.15, 0.2) is 5.96 Å². The molecule has 3 heterocycles. The third kappa shape index (κ3) is 5.53. The first kappa shape index (κ1) is 19.3. The number of aryl methyl sites for hydroxylation is 2. The molecule has 146 valence electrons. The van der Waals surface area contributed by atoms with E-state index in [9.17, 15) is 4.79 Å². The SMILES string of the molecule is Cc1nc2n(n1)CC(NC(=NCC(=O)N(C)C)NCCc1cccs1)CC2. The maximum Gasteiger partial charge on any atom is 0.243 e. The number of carbonyl (C=O) groups is 1. The Labute approximate surface area is 163 Å². The lowest BCUT2D eigenvalue weighted by Crippen LogP contribution is -2.48. The number of rotatable bonds is 6. The third-order valence-electron chi connectivity index (χ3n) is 4.42.